The second-order valence-corrected chi connectivity index (χ2v) is 6.57. The summed E-state index contributed by atoms with van der Waals surface area (Å²) in [6.07, 6.45) is -4.36. The van der Waals surface area contributed by atoms with Crippen LogP contribution in [-0.4, -0.2) is 23.7 Å². The number of benzene rings is 2. The Kier molecular flexibility index (Phi) is 5.53. The third kappa shape index (κ3) is 5.03. The largest absolute Gasteiger partial charge is 0.455 e. The number of carbonyl (C=O) groups is 1. The number of nitrogens with zero attached hydrogens (tertiary/aromatic N) is 1. The summed E-state index contributed by atoms with van der Waals surface area (Å²) in [5.41, 5.74) is 1.70. The minimum Gasteiger partial charge on any atom is -0.455 e. The van der Waals surface area contributed by atoms with Crippen LogP contribution in [0.5, 0.6) is 0 Å². The highest BCUT2D eigenvalue weighted by molar-refractivity contribution is 7.18. The van der Waals surface area contributed by atoms with Crippen LogP contribution in [-0.2, 0) is 22.7 Å². The Morgan fingerprint density at radius 2 is 1.77 bits per heavy atom. The normalized spacial score (nSPS) is 11.7. The van der Waals surface area contributed by atoms with E-state index in [2.05, 4.69) is 9.72 Å². The van der Waals surface area contributed by atoms with Crippen LogP contribution in [0.1, 0.15) is 20.9 Å². The molecule has 0 aliphatic rings. The second kappa shape index (κ2) is 7.84. The van der Waals surface area contributed by atoms with Crippen molar-refractivity contribution in [2.75, 3.05) is 6.61 Å². The van der Waals surface area contributed by atoms with Crippen molar-refractivity contribution >= 4 is 27.5 Å². The number of ether oxygens (including phenoxy) is 2. The number of carbonyl (C=O) groups excluding carboxylic acids is 1. The fourth-order valence-corrected chi connectivity index (χ4v) is 3.09. The Morgan fingerprint density at radius 3 is 2.46 bits per heavy atom. The molecule has 0 aliphatic carbocycles. The number of fused-ring (bicyclic) bond motifs is 1. The molecule has 0 saturated carbocycles. The summed E-state index contributed by atoms with van der Waals surface area (Å²) in [6, 6.07) is 13.7. The van der Waals surface area contributed by atoms with Crippen LogP contribution < -0.4 is 0 Å². The maximum atomic E-state index is 12.1. The lowest BCUT2D eigenvalue weighted by atomic mass is 10.1. The van der Waals surface area contributed by atoms with Gasteiger partial charge >= 0.3 is 12.1 Å². The summed E-state index contributed by atoms with van der Waals surface area (Å²) < 4.78 is 46.9. The molecule has 0 saturated heterocycles. The van der Waals surface area contributed by atoms with Crippen LogP contribution >= 0.6 is 11.3 Å². The van der Waals surface area contributed by atoms with Gasteiger partial charge in [0.25, 0.3) is 0 Å². The molecule has 0 spiro atoms. The van der Waals surface area contributed by atoms with Gasteiger partial charge in [-0.2, -0.15) is 13.2 Å². The van der Waals surface area contributed by atoms with Gasteiger partial charge in [-0.25, -0.2) is 9.78 Å². The highest BCUT2D eigenvalue weighted by atomic mass is 32.1. The minimum atomic E-state index is -4.36. The van der Waals surface area contributed by atoms with E-state index in [0.29, 0.717) is 16.1 Å². The highest BCUT2D eigenvalue weighted by Crippen LogP contribution is 2.22. The van der Waals surface area contributed by atoms with Gasteiger partial charge in [-0.3, -0.25) is 0 Å². The summed E-state index contributed by atoms with van der Waals surface area (Å²) in [6.45, 7) is -1.42. The van der Waals surface area contributed by atoms with Crippen molar-refractivity contribution in [2.45, 2.75) is 19.4 Å². The van der Waals surface area contributed by atoms with E-state index < -0.39 is 18.8 Å². The molecule has 136 valence electrons. The lowest BCUT2D eigenvalue weighted by Gasteiger charge is -2.08. The van der Waals surface area contributed by atoms with Gasteiger partial charge in [0.05, 0.1) is 22.4 Å². The second-order valence-electron chi connectivity index (χ2n) is 5.46. The van der Waals surface area contributed by atoms with E-state index in [0.717, 1.165) is 10.2 Å². The van der Waals surface area contributed by atoms with Gasteiger partial charge < -0.3 is 9.47 Å². The molecule has 0 bridgehead atoms. The molecule has 0 unspecified atom stereocenters. The third-order valence-corrected chi connectivity index (χ3v) is 4.40. The molecule has 2 aromatic carbocycles. The molecule has 8 heteroatoms. The zero-order valence-electron chi connectivity index (χ0n) is 13.5. The lowest BCUT2D eigenvalue weighted by Crippen LogP contribution is -2.16. The SMILES string of the molecule is O=C(OCc1nc2ccccc2s1)c1ccc(COCC(F)(F)F)cc1. The highest BCUT2D eigenvalue weighted by Gasteiger charge is 2.27. The molecule has 0 radical (unpaired) electrons. The topological polar surface area (TPSA) is 48.4 Å². The van der Waals surface area contributed by atoms with E-state index in [4.69, 9.17) is 4.74 Å². The summed E-state index contributed by atoms with van der Waals surface area (Å²) >= 11 is 1.45. The Balaban J connectivity index is 1.52. The first-order valence-corrected chi connectivity index (χ1v) is 8.47. The smallest absolute Gasteiger partial charge is 0.411 e. The number of halogens is 3. The summed E-state index contributed by atoms with van der Waals surface area (Å²) in [5.74, 6) is -0.521. The Labute approximate surface area is 151 Å². The molecule has 0 N–H and O–H groups in total. The molecule has 0 amide bonds. The number of thiazole rings is 1. The molecule has 0 aliphatic heterocycles. The lowest BCUT2D eigenvalue weighted by molar-refractivity contribution is -0.176. The first-order chi connectivity index (χ1) is 12.4. The van der Waals surface area contributed by atoms with E-state index >= 15 is 0 Å². The maximum Gasteiger partial charge on any atom is 0.411 e. The van der Waals surface area contributed by atoms with E-state index in [1.807, 2.05) is 24.3 Å². The van der Waals surface area contributed by atoms with Gasteiger partial charge in [-0.15, -0.1) is 11.3 Å². The van der Waals surface area contributed by atoms with Crippen LogP contribution in [0.15, 0.2) is 48.5 Å². The zero-order chi connectivity index (χ0) is 18.6. The fourth-order valence-electron chi connectivity index (χ4n) is 2.21. The third-order valence-electron chi connectivity index (χ3n) is 3.39. The Hall–Kier alpha value is -2.45. The summed E-state index contributed by atoms with van der Waals surface area (Å²) in [4.78, 5) is 16.4. The molecule has 1 heterocycles. The first-order valence-electron chi connectivity index (χ1n) is 7.66. The van der Waals surface area contributed by atoms with Crippen molar-refractivity contribution in [3.63, 3.8) is 0 Å². The number of alkyl halides is 3. The van der Waals surface area contributed by atoms with Crippen molar-refractivity contribution in [2.24, 2.45) is 0 Å². The van der Waals surface area contributed by atoms with Crippen LogP contribution in [0.2, 0.25) is 0 Å². The summed E-state index contributed by atoms with van der Waals surface area (Å²) in [7, 11) is 0. The van der Waals surface area contributed by atoms with Gasteiger partial charge in [-0.05, 0) is 29.8 Å². The van der Waals surface area contributed by atoms with Crippen molar-refractivity contribution in [1.82, 2.24) is 4.98 Å². The van der Waals surface area contributed by atoms with Crippen LogP contribution in [0, 0.1) is 0 Å². The van der Waals surface area contributed by atoms with E-state index in [9.17, 15) is 18.0 Å². The monoisotopic (exact) mass is 381 g/mol. The zero-order valence-corrected chi connectivity index (χ0v) is 14.3. The quantitative estimate of drug-likeness (QED) is 0.579. The van der Waals surface area contributed by atoms with Crippen LogP contribution in [0.25, 0.3) is 10.2 Å². The molecular weight excluding hydrogens is 367 g/mol. The average Bonchev–Trinajstić information content (AvgIpc) is 3.02. The molecule has 1 aromatic heterocycles. The molecule has 0 atom stereocenters. The molecule has 3 aromatic rings. The van der Waals surface area contributed by atoms with Crippen LogP contribution in [0.4, 0.5) is 13.2 Å². The molecule has 3 rings (SSSR count). The number of para-hydroxylation sites is 1. The fraction of sp³-hybridized carbons (Fsp3) is 0.222. The predicted octanol–water partition coefficient (Wildman–Crippen LogP) is 4.73. The van der Waals surface area contributed by atoms with E-state index in [1.54, 1.807) is 0 Å². The molecule has 4 nitrogen and oxygen atoms in total. The number of hydrogen-bond acceptors (Lipinski definition) is 5. The minimum absolute atomic E-state index is 0.0641. The first kappa shape index (κ1) is 18.3. The van der Waals surface area contributed by atoms with E-state index in [1.165, 1.54) is 35.6 Å². The van der Waals surface area contributed by atoms with Crippen molar-refractivity contribution in [3.05, 3.63) is 64.7 Å². The Morgan fingerprint density at radius 1 is 1.04 bits per heavy atom. The van der Waals surface area contributed by atoms with Gasteiger partial charge in [0.1, 0.15) is 18.2 Å². The molecule has 0 fully saturated rings. The van der Waals surface area contributed by atoms with Crippen molar-refractivity contribution in [3.8, 4) is 0 Å². The van der Waals surface area contributed by atoms with Gasteiger partial charge in [0, 0.05) is 0 Å². The van der Waals surface area contributed by atoms with Crippen molar-refractivity contribution < 1.29 is 27.4 Å². The standard InChI is InChI=1S/C18H14F3NO3S/c19-18(20,21)11-24-9-12-5-7-13(8-6-12)17(23)25-10-16-22-14-3-1-2-4-15(14)26-16/h1-8H,9-11H2. The number of aromatic nitrogens is 1. The summed E-state index contributed by atoms with van der Waals surface area (Å²) in [5, 5.41) is 0.691. The van der Waals surface area contributed by atoms with Gasteiger partial charge in [0.2, 0.25) is 0 Å². The molecule has 26 heavy (non-hydrogen) atoms. The molecular formula is C18H14F3NO3S. The van der Waals surface area contributed by atoms with Crippen LogP contribution in [0.3, 0.4) is 0 Å². The van der Waals surface area contributed by atoms with Gasteiger partial charge in [-0.1, -0.05) is 24.3 Å². The Bertz CT molecular complexity index is 858. The number of rotatable bonds is 6. The van der Waals surface area contributed by atoms with Gasteiger partial charge in [0.15, 0.2) is 0 Å². The maximum absolute atomic E-state index is 12.1. The number of esters is 1. The number of hydrogen-bond donors (Lipinski definition) is 0. The predicted molar refractivity (Wildman–Crippen MR) is 90.9 cm³/mol. The van der Waals surface area contributed by atoms with E-state index in [-0.39, 0.29) is 13.2 Å². The average molecular weight is 381 g/mol. The van der Waals surface area contributed by atoms with Crippen molar-refractivity contribution in [1.29, 1.82) is 0 Å².